The maximum atomic E-state index is 13.6. The topological polar surface area (TPSA) is 76.0 Å². The normalized spacial score (nSPS) is 18.5. The zero-order valence-corrected chi connectivity index (χ0v) is 23.4. The molecule has 1 aromatic heterocycles. The van der Waals surface area contributed by atoms with Crippen LogP contribution >= 0.6 is 12.2 Å². The lowest BCUT2D eigenvalue weighted by atomic mass is 10.1. The molecule has 1 atom stereocenters. The summed E-state index contributed by atoms with van der Waals surface area (Å²) in [7, 11) is 1.80. The van der Waals surface area contributed by atoms with E-state index in [-0.39, 0.29) is 24.5 Å². The Labute approximate surface area is 234 Å². The van der Waals surface area contributed by atoms with E-state index in [1.807, 2.05) is 60.2 Å². The van der Waals surface area contributed by atoms with E-state index in [1.165, 1.54) is 4.90 Å². The van der Waals surface area contributed by atoms with Gasteiger partial charge in [0.15, 0.2) is 5.11 Å². The van der Waals surface area contributed by atoms with Gasteiger partial charge < -0.3 is 24.3 Å². The Balaban J connectivity index is 1.45. The fraction of sp³-hybridized carbons (Fsp3) is 0.367. The summed E-state index contributed by atoms with van der Waals surface area (Å²) in [5.41, 5.74) is 4.15. The summed E-state index contributed by atoms with van der Waals surface area (Å²) in [4.78, 5) is 29.8. The van der Waals surface area contributed by atoms with Gasteiger partial charge in [-0.3, -0.25) is 14.5 Å². The number of amides is 2. The van der Waals surface area contributed by atoms with Crippen molar-refractivity contribution < 1.29 is 19.1 Å². The molecule has 0 saturated carbocycles. The number of aromatic nitrogens is 1. The van der Waals surface area contributed by atoms with Crippen LogP contribution in [-0.4, -0.2) is 59.3 Å². The molecule has 0 bridgehead atoms. The number of thiocarbonyl (C=S) groups is 1. The highest BCUT2D eigenvalue weighted by Gasteiger charge is 2.37. The lowest BCUT2D eigenvalue weighted by Crippen LogP contribution is -2.34. The van der Waals surface area contributed by atoms with E-state index < -0.39 is 0 Å². The molecule has 2 aromatic carbocycles. The van der Waals surface area contributed by atoms with Gasteiger partial charge in [0.25, 0.3) is 5.91 Å². The number of fused-ring (bicyclic) bond motifs is 1. The monoisotopic (exact) mass is 546 g/mol. The number of rotatable bonds is 9. The van der Waals surface area contributed by atoms with Crippen LogP contribution < -0.4 is 15.0 Å². The second-order valence-corrected chi connectivity index (χ2v) is 10.1. The molecule has 1 N–H and O–H groups in total. The minimum absolute atomic E-state index is 0.0653. The molecule has 2 amide bonds. The van der Waals surface area contributed by atoms with Crippen molar-refractivity contribution in [3.05, 3.63) is 65.5 Å². The van der Waals surface area contributed by atoms with Crippen LogP contribution in [0.15, 0.2) is 54.4 Å². The molecule has 0 unspecified atom stereocenters. The largest absolute Gasteiger partial charge is 0.494 e. The number of benzene rings is 2. The van der Waals surface area contributed by atoms with E-state index in [2.05, 4.69) is 18.3 Å². The third kappa shape index (κ3) is 5.42. The molecule has 2 saturated heterocycles. The number of aryl methyl sites for hydroxylation is 1. The van der Waals surface area contributed by atoms with Crippen LogP contribution in [0.1, 0.15) is 37.8 Å². The van der Waals surface area contributed by atoms with Crippen molar-refractivity contribution >= 4 is 51.8 Å². The molecular weight excluding hydrogens is 512 g/mol. The second-order valence-electron chi connectivity index (χ2n) is 9.76. The van der Waals surface area contributed by atoms with E-state index >= 15 is 0 Å². The number of carbonyl (C=O) groups is 2. The van der Waals surface area contributed by atoms with Crippen LogP contribution in [0.2, 0.25) is 0 Å². The lowest BCUT2D eigenvalue weighted by Gasteiger charge is -2.16. The zero-order chi connectivity index (χ0) is 27.5. The van der Waals surface area contributed by atoms with Crippen molar-refractivity contribution in [2.24, 2.45) is 0 Å². The minimum atomic E-state index is -0.200. The Morgan fingerprint density at radius 1 is 1.21 bits per heavy atom. The van der Waals surface area contributed by atoms with Crippen molar-refractivity contribution in [3.63, 3.8) is 0 Å². The van der Waals surface area contributed by atoms with E-state index in [0.29, 0.717) is 29.6 Å². The fourth-order valence-electron chi connectivity index (χ4n) is 5.22. The zero-order valence-electron chi connectivity index (χ0n) is 22.6. The Bertz CT molecular complexity index is 1420. The summed E-state index contributed by atoms with van der Waals surface area (Å²) in [5, 5.41) is 4.41. The predicted molar refractivity (Wildman–Crippen MR) is 157 cm³/mol. The fourth-order valence-corrected chi connectivity index (χ4v) is 5.51. The van der Waals surface area contributed by atoms with Gasteiger partial charge in [0, 0.05) is 37.3 Å². The van der Waals surface area contributed by atoms with E-state index in [9.17, 15) is 9.59 Å². The average molecular weight is 547 g/mol. The standard InChI is InChI=1S/C30H34N4O4S/c1-4-20-8-6-10-25-21(18-33(28(20)25)19-27(35)31-17-24-9-7-15-38-24)16-26-29(36)34(30(39)32(26)3)22-11-13-23(14-12-22)37-5-2/h6,8,10-14,16,18,24H,4-5,7,9,15,17,19H2,1-3H3,(H,31,35)/b26-16-/t24-/m1/s1. The van der Waals surface area contributed by atoms with Crippen molar-refractivity contribution in [2.45, 2.75) is 45.8 Å². The first kappa shape index (κ1) is 26.9. The van der Waals surface area contributed by atoms with Crippen molar-refractivity contribution in [1.82, 2.24) is 14.8 Å². The minimum Gasteiger partial charge on any atom is -0.494 e. The van der Waals surface area contributed by atoms with Gasteiger partial charge in [0.1, 0.15) is 18.0 Å². The number of para-hydroxylation sites is 1. The summed E-state index contributed by atoms with van der Waals surface area (Å²) in [6.07, 6.45) is 6.74. The second kappa shape index (κ2) is 11.6. The number of hydrogen-bond donors (Lipinski definition) is 1. The van der Waals surface area contributed by atoms with Crippen LogP contribution in [0.4, 0.5) is 5.69 Å². The third-order valence-corrected chi connectivity index (χ3v) is 7.67. The number of nitrogens with one attached hydrogen (secondary N) is 1. The van der Waals surface area contributed by atoms with Crippen molar-refractivity contribution in [3.8, 4) is 5.75 Å². The summed E-state index contributed by atoms with van der Waals surface area (Å²) < 4.78 is 13.2. The SMILES string of the molecule is CCOc1ccc(N2C(=O)/C(=C/c3cn(CC(=O)NC[C@H]4CCCO4)c4c(CC)cccc34)N(C)C2=S)cc1. The molecule has 0 spiro atoms. The highest BCUT2D eigenvalue weighted by Crippen LogP contribution is 2.32. The van der Waals surface area contributed by atoms with Crippen LogP contribution in [0.5, 0.6) is 5.75 Å². The molecule has 3 heterocycles. The van der Waals surface area contributed by atoms with Crippen LogP contribution in [0.25, 0.3) is 17.0 Å². The molecule has 204 valence electrons. The summed E-state index contributed by atoms with van der Waals surface area (Å²) >= 11 is 5.66. The molecule has 8 nitrogen and oxygen atoms in total. The van der Waals surface area contributed by atoms with Gasteiger partial charge in [0.05, 0.1) is 23.9 Å². The average Bonchev–Trinajstić information content (AvgIpc) is 3.64. The summed E-state index contributed by atoms with van der Waals surface area (Å²) in [5.74, 6) is 0.472. The third-order valence-electron chi connectivity index (χ3n) is 7.22. The van der Waals surface area contributed by atoms with Crippen LogP contribution in [0, 0.1) is 0 Å². The molecule has 2 fully saturated rings. The highest BCUT2D eigenvalue weighted by atomic mass is 32.1. The van der Waals surface area contributed by atoms with E-state index in [4.69, 9.17) is 21.7 Å². The predicted octanol–water partition coefficient (Wildman–Crippen LogP) is 4.50. The smallest absolute Gasteiger partial charge is 0.281 e. The molecule has 5 rings (SSSR count). The van der Waals surface area contributed by atoms with Gasteiger partial charge in [-0.05, 0) is 74.3 Å². The maximum Gasteiger partial charge on any atom is 0.281 e. The van der Waals surface area contributed by atoms with Gasteiger partial charge in [-0.15, -0.1) is 0 Å². The van der Waals surface area contributed by atoms with Gasteiger partial charge in [-0.25, -0.2) is 0 Å². The van der Waals surface area contributed by atoms with Gasteiger partial charge >= 0.3 is 0 Å². The Morgan fingerprint density at radius 3 is 2.69 bits per heavy atom. The first-order valence-electron chi connectivity index (χ1n) is 13.5. The number of nitrogens with zero attached hydrogens (tertiary/aromatic N) is 3. The molecule has 0 aliphatic carbocycles. The summed E-state index contributed by atoms with van der Waals surface area (Å²) in [6, 6.07) is 13.5. The van der Waals surface area contributed by atoms with Gasteiger partial charge in [-0.2, -0.15) is 0 Å². The highest BCUT2D eigenvalue weighted by molar-refractivity contribution is 7.80. The molecule has 39 heavy (non-hydrogen) atoms. The quantitative estimate of drug-likeness (QED) is 0.315. The first-order valence-corrected chi connectivity index (χ1v) is 13.9. The Hall–Kier alpha value is -3.69. The van der Waals surface area contributed by atoms with Gasteiger partial charge in [-0.1, -0.05) is 25.1 Å². The van der Waals surface area contributed by atoms with E-state index in [0.717, 1.165) is 53.6 Å². The molecule has 2 aliphatic rings. The number of likely N-dealkylation sites (N-methyl/N-ethyl adjacent to an activating group) is 1. The summed E-state index contributed by atoms with van der Waals surface area (Å²) in [6.45, 7) is 6.06. The first-order chi connectivity index (χ1) is 18.9. The van der Waals surface area contributed by atoms with Crippen LogP contribution in [-0.2, 0) is 27.3 Å². The number of anilines is 1. The van der Waals surface area contributed by atoms with Gasteiger partial charge in [0.2, 0.25) is 5.91 Å². The molecule has 0 radical (unpaired) electrons. The molecule has 2 aliphatic heterocycles. The molecular formula is C30H34N4O4S. The molecule has 9 heteroatoms. The van der Waals surface area contributed by atoms with Crippen molar-refractivity contribution in [2.75, 3.05) is 31.7 Å². The molecule has 3 aromatic rings. The Kier molecular flexibility index (Phi) is 7.99. The number of hydrogen-bond acceptors (Lipinski definition) is 5. The van der Waals surface area contributed by atoms with Crippen molar-refractivity contribution in [1.29, 1.82) is 0 Å². The maximum absolute atomic E-state index is 13.6. The van der Waals surface area contributed by atoms with E-state index in [1.54, 1.807) is 11.9 Å². The van der Waals surface area contributed by atoms with Crippen LogP contribution in [0.3, 0.4) is 0 Å². The number of ether oxygens (including phenoxy) is 2. The Morgan fingerprint density at radius 2 is 2.00 bits per heavy atom. The number of carbonyl (C=O) groups excluding carboxylic acids is 2. The lowest BCUT2D eigenvalue weighted by molar-refractivity contribution is -0.122.